The molecule has 0 spiro atoms. The number of benzene rings is 1. The van der Waals surface area contributed by atoms with Crippen LogP contribution in [0.15, 0.2) is 23.0 Å². The number of hydrogen-bond donors (Lipinski definition) is 1. The monoisotopic (exact) mass is 348 g/mol. The normalized spacial score (nSPS) is 11.8. The molecule has 24 heavy (non-hydrogen) atoms. The number of carboxylic acids is 1. The quantitative estimate of drug-likeness (QED) is 0.614. The molecule has 0 amide bonds. The highest BCUT2D eigenvalue weighted by atomic mass is 28.3. The van der Waals surface area contributed by atoms with Gasteiger partial charge in [0.25, 0.3) is 0 Å². The summed E-state index contributed by atoms with van der Waals surface area (Å²) in [5.41, 5.74) is 1.20. The van der Waals surface area contributed by atoms with Crippen molar-refractivity contribution >= 4 is 24.9 Å². The molecule has 0 bridgehead atoms. The minimum atomic E-state index is -1.18. The van der Waals surface area contributed by atoms with E-state index in [0.717, 1.165) is 11.6 Å². The van der Waals surface area contributed by atoms with Gasteiger partial charge in [0.1, 0.15) is 12.4 Å². The zero-order valence-electron chi connectivity index (χ0n) is 14.6. The highest BCUT2D eigenvalue weighted by molar-refractivity contribution is 6.76. The fourth-order valence-electron chi connectivity index (χ4n) is 2.44. The summed E-state index contributed by atoms with van der Waals surface area (Å²) < 4.78 is 7.32. The number of rotatable bonds is 7. The minimum Gasteiger partial charge on any atom is -0.481 e. The highest BCUT2D eigenvalue weighted by Crippen LogP contribution is 2.15. The van der Waals surface area contributed by atoms with Crippen molar-refractivity contribution in [3.8, 4) is 0 Å². The Morgan fingerprint density at radius 3 is 2.67 bits per heavy atom. The van der Waals surface area contributed by atoms with E-state index in [-0.39, 0.29) is 17.9 Å². The SMILES string of the molecule is Cc1cccc2c1c(=O)c(CC(=O)O)nn2COCC[Si](C)(C)C. The maximum Gasteiger partial charge on any atom is 0.309 e. The van der Waals surface area contributed by atoms with E-state index in [9.17, 15) is 9.59 Å². The molecular formula is C17H24N2O4Si. The maximum absolute atomic E-state index is 12.5. The topological polar surface area (TPSA) is 81.4 Å². The molecule has 6 nitrogen and oxygen atoms in total. The van der Waals surface area contributed by atoms with Crippen molar-refractivity contribution in [2.45, 2.75) is 45.8 Å². The summed E-state index contributed by atoms with van der Waals surface area (Å²) in [4.78, 5) is 23.5. The summed E-state index contributed by atoms with van der Waals surface area (Å²) in [5.74, 6) is -1.07. The average Bonchev–Trinajstić information content (AvgIpc) is 2.46. The number of nitrogens with zero attached hydrogens (tertiary/aromatic N) is 2. The molecule has 130 valence electrons. The molecular weight excluding hydrogens is 324 g/mol. The van der Waals surface area contributed by atoms with Crippen molar-refractivity contribution in [1.29, 1.82) is 0 Å². The number of fused-ring (bicyclic) bond motifs is 1. The van der Waals surface area contributed by atoms with Crippen molar-refractivity contribution in [3.05, 3.63) is 39.7 Å². The van der Waals surface area contributed by atoms with Gasteiger partial charge in [-0.05, 0) is 24.6 Å². The zero-order valence-corrected chi connectivity index (χ0v) is 15.6. The molecule has 0 aliphatic heterocycles. The molecule has 2 aromatic rings. The summed E-state index contributed by atoms with van der Waals surface area (Å²) in [6.45, 7) is 9.50. The van der Waals surface area contributed by atoms with Crippen LogP contribution < -0.4 is 5.43 Å². The lowest BCUT2D eigenvalue weighted by Crippen LogP contribution is -2.24. The average molecular weight is 348 g/mol. The van der Waals surface area contributed by atoms with Crippen LogP contribution >= 0.6 is 0 Å². The third kappa shape index (κ3) is 4.52. The lowest BCUT2D eigenvalue weighted by molar-refractivity contribution is -0.136. The smallest absolute Gasteiger partial charge is 0.309 e. The molecule has 0 aliphatic carbocycles. The summed E-state index contributed by atoms with van der Waals surface area (Å²) in [5, 5.41) is 13.7. The van der Waals surface area contributed by atoms with Crippen molar-refractivity contribution < 1.29 is 14.6 Å². The van der Waals surface area contributed by atoms with E-state index >= 15 is 0 Å². The van der Waals surface area contributed by atoms with Gasteiger partial charge in [-0.2, -0.15) is 5.10 Å². The van der Waals surface area contributed by atoms with Gasteiger partial charge in [0.2, 0.25) is 5.43 Å². The van der Waals surface area contributed by atoms with Crippen LogP contribution in [0.1, 0.15) is 11.3 Å². The van der Waals surface area contributed by atoms with Gasteiger partial charge in [-0.3, -0.25) is 9.59 Å². The minimum absolute atomic E-state index is 0.0399. The Morgan fingerprint density at radius 1 is 1.33 bits per heavy atom. The van der Waals surface area contributed by atoms with Crippen LogP contribution in [-0.2, 0) is 22.7 Å². The third-order valence-electron chi connectivity index (χ3n) is 3.79. The van der Waals surface area contributed by atoms with Crippen LogP contribution in [0, 0.1) is 6.92 Å². The Hall–Kier alpha value is -1.99. The van der Waals surface area contributed by atoms with E-state index in [1.54, 1.807) is 4.68 Å². The van der Waals surface area contributed by atoms with Crippen LogP contribution in [-0.4, -0.2) is 35.5 Å². The summed E-state index contributed by atoms with van der Waals surface area (Å²) in [7, 11) is -1.18. The number of hydrogen-bond acceptors (Lipinski definition) is 4. The van der Waals surface area contributed by atoms with E-state index in [1.165, 1.54) is 0 Å². The van der Waals surface area contributed by atoms with Crippen molar-refractivity contribution in [2.75, 3.05) is 6.61 Å². The first-order valence-electron chi connectivity index (χ1n) is 7.98. The third-order valence-corrected chi connectivity index (χ3v) is 5.49. The molecule has 0 unspecified atom stereocenters. The van der Waals surface area contributed by atoms with Gasteiger partial charge in [0.15, 0.2) is 0 Å². The Morgan fingerprint density at radius 2 is 2.04 bits per heavy atom. The van der Waals surface area contributed by atoms with Crippen LogP contribution in [0.25, 0.3) is 10.9 Å². The second-order valence-corrected chi connectivity index (χ2v) is 12.8. The van der Waals surface area contributed by atoms with E-state index in [4.69, 9.17) is 9.84 Å². The molecule has 7 heteroatoms. The first kappa shape index (κ1) is 18.3. The second-order valence-electron chi connectivity index (χ2n) is 7.16. The van der Waals surface area contributed by atoms with Crippen molar-refractivity contribution in [3.63, 3.8) is 0 Å². The Balaban J connectivity index is 2.37. The largest absolute Gasteiger partial charge is 0.481 e. The number of ether oxygens (including phenoxy) is 1. The Bertz CT molecular complexity index is 809. The molecule has 1 aromatic heterocycles. The van der Waals surface area contributed by atoms with E-state index < -0.39 is 20.5 Å². The molecule has 1 heterocycles. The number of aryl methyl sites for hydroxylation is 1. The molecule has 0 atom stereocenters. The fourth-order valence-corrected chi connectivity index (χ4v) is 3.20. The van der Waals surface area contributed by atoms with Crippen LogP contribution in [0.4, 0.5) is 0 Å². The molecule has 0 radical (unpaired) electrons. The van der Waals surface area contributed by atoms with Crippen LogP contribution in [0.3, 0.4) is 0 Å². The van der Waals surface area contributed by atoms with Crippen molar-refractivity contribution in [1.82, 2.24) is 9.78 Å². The molecule has 0 saturated carbocycles. The number of carboxylic acid groups (broad SMARTS) is 1. The van der Waals surface area contributed by atoms with E-state index in [2.05, 4.69) is 24.7 Å². The van der Waals surface area contributed by atoms with Gasteiger partial charge in [-0.15, -0.1) is 0 Å². The summed E-state index contributed by atoms with van der Waals surface area (Å²) in [6.07, 6.45) is -0.391. The molecule has 1 aromatic carbocycles. The Kier molecular flexibility index (Phi) is 5.56. The van der Waals surface area contributed by atoms with E-state index in [0.29, 0.717) is 17.5 Å². The predicted octanol–water partition coefficient (Wildman–Crippen LogP) is 2.64. The Labute approximate surface area is 142 Å². The van der Waals surface area contributed by atoms with Gasteiger partial charge in [0.05, 0.1) is 17.3 Å². The lowest BCUT2D eigenvalue weighted by atomic mass is 10.1. The molecule has 2 rings (SSSR count). The van der Waals surface area contributed by atoms with Crippen LogP contribution in [0.2, 0.25) is 25.7 Å². The second kappa shape index (κ2) is 7.27. The van der Waals surface area contributed by atoms with Crippen molar-refractivity contribution in [2.24, 2.45) is 0 Å². The summed E-state index contributed by atoms with van der Waals surface area (Å²) in [6, 6.07) is 6.54. The number of carbonyl (C=O) groups is 1. The highest BCUT2D eigenvalue weighted by Gasteiger charge is 2.16. The molecule has 0 aliphatic rings. The predicted molar refractivity (Wildman–Crippen MR) is 96.2 cm³/mol. The standard InChI is InChI=1S/C17H24N2O4Si/c1-12-6-5-7-14-16(12)17(22)13(10-15(20)21)18-19(14)11-23-8-9-24(2,3)4/h5-7H,8-11H2,1-4H3,(H,20,21). The molecule has 1 N–H and O–H groups in total. The first-order valence-corrected chi connectivity index (χ1v) is 11.7. The maximum atomic E-state index is 12.5. The number of aromatic nitrogens is 2. The molecule has 0 saturated heterocycles. The fraction of sp³-hybridized carbons (Fsp3) is 0.471. The van der Waals surface area contributed by atoms with Gasteiger partial charge in [-0.25, -0.2) is 4.68 Å². The molecule has 0 fully saturated rings. The van der Waals surface area contributed by atoms with E-state index in [1.807, 2.05) is 25.1 Å². The lowest BCUT2D eigenvalue weighted by Gasteiger charge is -2.17. The first-order chi connectivity index (χ1) is 11.2. The van der Waals surface area contributed by atoms with Gasteiger partial charge in [0, 0.05) is 14.7 Å². The van der Waals surface area contributed by atoms with Gasteiger partial charge in [-0.1, -0.05) is 31.8 Å². The van der Waals surface area contributed by atoms with Crippen LogP contribution in [0.5, 0.6) is 0 Å². The van der Waals surface area contributed by atoms with Gasteiger partial charge < -0.3 is 9.84 Å². The zero-order chi connectivity index (χ0) is 17.9. The van der Waals surface area contributed by atoms with Gasteiger partial charge >= 0.3 is 5.97 Å². The summed E-state index contributed by atoms with van der Waals surface area (Å²) >= 11 is 0. The number of aliphatic carboxylic acids is 1.